The maximum absolute atomic E-state index is 2.86. The third-order valence-corrected chi connectivity index (χ3v) is 9.47. The van der Waals surface area contributed by atoms with Gasteiger partial charge in [-0.3, -0.25) is 0 Å². The Morgan fingerprint density at radius 1 is 0.600 bits per heavy atom. The van der Waals surface area contributed by atoms with Crippen LogP contribution in [0.25, 0.3) is 0 Å². The first-order valence-corrected chi connectivity index (χ1v) is 9.69. The highest BCUT2D eigenvalue weighted by Crippen LogP contribution is 2.71. The van der Waals surface area contributed by atoms with Crippen molar-refractivity contribution < 1.29 is 0 Å². The van der Waals surface area contributed by atoms with Gasteiger partial charge in [-0.05, 0) is 38.5 Å². The van der Waals surface area contributed by atoms with Crippen LogP contribution in [-0.2, 0) is 0 Å². The third-order valence-electron chi connectivity index (χ3n) is 4.92. The highest BCUT2D eigenvalue weighted by molar-refractivity contribution is 7.66. The molecule has 3 fully saturated rings. The summed E-state index contributed by atoms with van der Waals surface area (Å²) in [5, 5.41) is 0. The molecular weight excluding hydrogens is 267 g/mol. The van der Waals surface area contributed by atoms with Crippen LogP contribution in [-0.4, -0.2) is 72.0 Å². The molecule has 0 N–H and O–H groups in total. The number of rotatable bonds is 4. The van der Waals surface area contributed by atoms with Crippen molar-refractivity contribution in [3.63, 3.8) is 0 Å². The molecule has 3 aliphatic heterocycles. The number of hydrogen-bond acceptors (Lipinski definition) is 4. The molecule has 118 valence electrons. The second kappa shape index (κ2) is 7.02. The fourth-order valence-corrected chi connectivity index (χ4v) is 9.25. The summed E-state index contributed by atoms with van der Waals surface area (Å²) in [5.74, 6) is 0. The molecule has 3 heterocycles. The summed E-state index contributed by atoms with van der Waals surface area (Å²) in [4.78, 5) is 0. The SMILES string of the molecule is CN(C)[P+](N1CCCC1)(N1CCCC1)N1CCCC1.[CH3-]. The molecule has 20 heavy (non-hydrogen) atoms. The van der Waals surface area contributed by atoms with Crippen LogP contribution in [0.3, 0.4) is 0 Å². The molecule has 0 aromatic carbocycles. The van der Waals surface area contributed by atoms with Crippen molar-refractivity contribution in [2.75, 3.05) is 53.4 Å². The molecule has 0 bridgehead atoms. The average Bonchev–Trinajstić information content (AvgIpc) is 3.15. The van der Waals surface area contributed by atoms with Gasteiger partial charge in [0.25, 0.3) is 0 Å². The minimum absolute atomic E-state index is 0. The van der Waals surface area contributed by atoms with E-state index in [-0.39, 0.29) is 7.43 Å². The standard InChI is InChI=1S/C14H30N4P.CH3/c1-15(2)19(16-9-3-4-10-16,17-11-5-6-12-17)18-13-7-8-14-18;/h3-14H2,1-2H3;1H3/q+1;-1. The topological polar surface area (TPSA) is 13.0 Å². The Bertz CT molecular complexity index is 251. The van der Waals surface area contributed by atoms with Crippen molar-refractivity contribution >= 4 is 7.87 Å². The quantitative estimate of drug-likeness (QED) is 0.584. The molecule has 4 nitrogen and oxygen atoms in total. The summed E-state index contributed by atoms with van der Waals surface area (Å²) >= 11 is 0. The fraction of sp³-hybridized carbons (Fsp3) is 0.933. The van der Waals surface area contributed by atoms with Crippen molar-refractivity contribution in [1.29, 1.82) is 0 Å². The summed E-state index contributed by atoms with van der Waals surface area (Å²) in [7, 11) is 3.29. The molecule has 0 amide bonds. The molecule has 0 atom stereocenters. The lowest BCUT2D eigenvalue weighted by Crippen LogP contribution is -2.48. The van der Waals surface area contributed by atoms with Crippen molar-refractivity contribution in [3.8, 4) is 0 Å². The highest BCUT2D eigenvalue weighted by Gasteiger charge is 2.60. The average molecular weight is 300 g/mol. The van der Waals surface area contributed by atoms with Gasteiger partial charge in [0.2, 0.25) is 0 Å². The zero-order valence-electron chi connectivity index (χ0n) is 13.7. The van der Waals surface area contributed by atoms with Crippen LogP contribution in [0.2, 0.25) is 0 Å². The summed E-state index contributed by atoms with van der Waals surface area (Å²) in [6, 6.07) is 0. The van der Waals surface area contributed by atoms with Crippen molar-refractivity contribution in [2.45, 2.75) is 38.5 Å². The van der Waals surface area contributed by atoms with Gasteiger partial charge >= 0.3 is 7.87 Å². The van der Waals surface area contributed by atoms with Crippen LogP contribution in [0.4, 0.5) is 0 Å². The van der Waals surface area contributed by atoms with Gasteiger partial charge in [0.05, 0.1) is 0 Å². The summed E-state index contributed by atoms with van der Waals surface area (Å²) in [6.07, 6.45) is 8.40. The zero-order valence-corrected chi connectivity index (χ0v) is 14.6. The molecule has 0 aromatic heterocycles. The first-order valence-electron chi connectivity index (χ1n) is 8.09. The molecule has 5 heteroatoms. The van der Waals surface area contributed by atoms with Crippen molar-refractivity contribution in [3.05, 3.63) is 7.43 Å². The Morgan fingerprint density at radius 3 is 1.05 bits per heavy atom. The molecule has 0 radical (unpaired) electrons. The third kappa shape index (κ3) is 2.66. The molecule has 0 saturated carbocycles. The van der Waals surface area contributed by atoms with E-state index >= 15 is 0 Å². The second-order valence-electron chi connectivity index (χ2n) is 6.37. The van der Waals surface area contributed by atoms with E-state index in [1.165, 1.54) is 77.8 Å². The van der Waals surface area contributed by atoms with Gasteiger partial charge < -0.3 is 7.43 Å². The van der Waals surface area contributed by atoms with Crippen LogP contribution >= 0.6 is 7.87 Å². The first kappa shape index (κ1) is 16.6. The number of hydrogen-bond donors (Lipinski definition) is 0. The maximum atomic E-state index is 2.86. The monoisotopic (exact) mass is 300 g/mol. The van der Waals surface area contributed by atoms with Gasteiger partial charge in [0.15, 0.2) is 0 Å². The van der Waals surface area contributed by atoms with Gasteiger partial charge in [-0.15, -0.1) is 18.7 Å². The Kier molecular flexibility index (Phi) is 5.84. The van der Waals surface area contributed by atoms with E-state index in [1.54, 1.807) is 0 Å². The fourth-order valence-electron chi connectivity index (χ4n) is 4.20. The van der Waals surface area contributed by atoms with Crippen LogP contribution in [0.1, 0.15) is 38.5 Å². The molecule has 3 aliphatic rings. The molecule has 0 spiro atoms. The first-order chi connectivity index (χ1) is 9.26. The normalized spacial score (nSPS) is 26.6. The second-order valence-corrected chi connectivity index (χ2v) is 9.94. The van der Waals surface area contributed by atoms with Crippen LogP contribution in [0.15, 0.2) is 0 Å². The van der Waals surface area contributed by atoms with E-state index in [0.29, 0.717) is 0 Å². The van der Waals surface area contributed by atoms with E-state index in [1.807, 2.05) is 0 Å². The molecule has 0 aromatic rings. The number of nitrogens with zero attached hydrogens (tertiary/aromatic N) is 4. The Hall–Kier alpha value is 0.270. The Balaban J connectivity index is 0.00000147. The van der Waals surface area contributed by atoms with Gasteiger partial charge in [0.1, 0.15) is 0 Å². The van der Waals surface area contributed by atoms with E-state index in [0.717, 1.165) is 0 Å². The smallest absolute Gasteiger partial charge is 0.308 e. The van der Waals surface area contributed by atoms with Gasteiger partial charge in [-0.1, -0.05) is 0 Å². The van der Waals surface area contributed by atoms with Crippen LogP contribution < -0.4 is 0 Å². The lowest BCUT2D eigenvalue weighted by Gasteiger charge is -2.46. The van der Waals surface area contributed by atoms with E-state index in [9.17, 15) is 0 Å². The molecule has 0 aliphatic carbocycles. The summed E-state index contributed by atoms with van der Waals surface area (Å²) in [6.45, 7) is 7.91. The zero-order chi connectivity index (χ0) is 13.3. The molecular formula is C15H33N4P. The Morgan fingerprint density at radius 2 is 0.850 bits per heavy atom. The lowest BCUT2D eigenvalue weighted by molar-refractivity contribution is 0.318. The summed E-state index contributed by atoms with van der Waals surface area (Å²) < 4.78 is 11.2. The maximum Gasteiger partial charge on any atom is 0.308 e. The minimum atomic E-state index is -1.38. The predicted octanol–water partition coefficient (Wildman–Crippen LogP) is 2.96. The Labute approximate surface area is 126 Å². The van der Waals surface area contributed by atoms with Crippen LogP contribution in [0.5, 0.6) is 0 Å². The van der Waals surface area contributed by atoms with Crippen LogP contribution in [0, 0.1) is 7.43 Å². The van der Waals surface area contributed by atoms with E-state index in [4.69, 9.17) is 0 Å². The molecule has 0 unspecified atom stereocenters. The highest BCUT2D eigenvalue weighted by atomic mass is 31.2. The lowest BCUT2D eigenvalue weighted by atomic mass is 10.4. The molecule has 3 rings (SSSR count). The van der Waals surface area contributed by atoms with Crippen molar-refractivity contribution in [2.24, 2.45) is 0 Å². The van der Waals surface area contributed by atoms with Crippen molar-refractivity contribution in [1.82, 2.24) is 18.7 Å². The van der Waals surface area contributed by atoms with Gasteiger partial charge in [0, 0.05) is 53.4 Å². The largest absolute Gasteiger partial charge is 0.358 e. The summed E-state index contributed by atoms with van der Waals surface area (Å²) in [5.41, 5.74) is 0. The van der Waals surface area contributed by atoms with E-state index < -0.39 is 7.87 Å². The van der Waals surface area contributed by atoms with Gasteiger partial charge in [-0.2, -0.15) is 0 Å². The van der Waals surface area contributed by atoms with E-state index in [2.05, 4.69) is 32.8 Å². The predicted molar refractivity (Wildman–Crippen MR) is 89.4 cm³/mol. The minimum Gasteiger partial charge on any atom is -0.358 e. The molecule has 3 saturated heterocycles. The van der Waals surface area contributed by atoms with Gasteiger partial charge in [-0.25, -0.2) is 0 Å².